The van der Waals surface area contributed by atoms with Crippen molar-refractivity contribution in [2.24, 2.45) is 54.4 Å². The normalized spacial score (nSPS) is 32.3. The molecule has 68 heavy (non-hydrogen) atoms. The molecule has 0 amide bonds. The van der Waals surface area contributed by atoms with Crippen molar-refractivity contribution < 1.29 is 74.3 Å². The number of esters is 5. The molecule has 5 heterocycles. The Hall–Kier alpha value is -5.66. The van der Waals surface area contributed by atoms with Gasteiger partial charge in [-0.2, -0.15) is 5.70 Å². The molecule has 0 spiro atoms. The van der Waals surface area contributed by atoms with E-state index in [1.807, 2.05) is 47.6 Å². The van der Waals surface area contributed by atoms with E-state index in [1.54, 1.807) is 0 Å². The van der Waals surface area contributed by atoms with Gasteiger partial charge in [0.15, 0.2) is 0 Å². The van der Waals surface area contributed by atoms with E-state index < -0.39 is 74.9 Å². The largest absolute Gasteiger partial charge is 3.00 e. The van der Waals surface area contributed by atoms with E-state index in [-0.39, 0.29) is 86.5 Å². The molecular formula is C49H65CoN6O12. The van der Waals surface area contributed by atoms with Crippen LogP contribution in [0, 0.1) is 63.1 Å². The van der Waals surface area contributed by atoms with E-state index in [0.29, 0.717) is 51.8 Å². The van der Waals surface area contributed by atoms with Crippen LogP contribution in [-0.4, -0.2) is 105 Å². The molecule has 18 nitrogen and oxygen atoms in total. The third kappa shape index (κ3) is 10.9. The van der Waals surface area contributed by atoms with Crippen molar-refractivity contribution in [3.05, 3.63) is 52.8 Å². The average Bonchev–Trinajstić information content (AvgIpc) is 3.94. The van der Waals surface area contributed by atoms with Crippen LogP contribution >= 0.6 is 0 Å². The minimum atomic E-state index is -1.33. The Bertz CT molecular complexity index is 2230. The van der Waals surface area contributed by atoms with Crippen molar-refractivity contribution in [1.29, 1.82) is 10.5 Å². The topological polar surface area (TPSA) is 268 Å². The van der Waals surface area contributed by atoms with E-state index >= 15 is 0 Å². The Balaban J connectivity index is 0.00000309. The van der Waals surface area contributed by atoms with Crippen molar-refractivity contribution in [1.82, 2.24) is 0 Å². The van der Waals surface area contributed by atoms with Gasteiger partial charge in [0.1, 0.15) is 0 Å². The predicted octanol–water partition coefficient (Wildman–Crippen LogP) is 7.24. The van der Waals surface area contributed by atoms with Crippen LogP contribution in [0.4, 0.5) is 0 Å². The maximum atomic E-state index is 13.8. The number of carbonyl (C=O) groups excluding carboxylic acids is 5. The molecule has 8 atom stereocenters. The molecule has 1 saturated heterocycles. The van der Waals surface area contributed by atoms with E-state index in [0.717, 1.165) is 0 Å². The van der Waals surface area contributed by atoms with Gasteiger partial charge in [-0.15, -0.1) is 0 Å². The van der Waals surface area contributed by atoms with Gasteiger partial charge >= 0.3 is 52.6 Å². The number of carboxylic acid groups (broad SMARTS) is 1. The Morgan fingerprint density at radius 2 is 1.24 bits per heavy atom. The van der Waals surface area contributed by atoms with Gasteiger partial charge in [0.2, 0.25) is 0 Å². The fourth-order valence-electron chi connectivity index (χ4n) is 11.3. The maximum absolute atomic E-state index is 13.8. The van der Waals surface area contributed by atoms with Gasteiger partial charge in [0, 0.05) is 83.0 Å². The van der Waals surface area contributed by atoms with Gasteiger partial charge in [-0.1, -0.05) is 40.7 Å². The second kappa shape index (κ2) is 23.1. The average molecular weight is 989 g/mol. The molecule has 8 bridgehead atoms. The van der Waals surface area contributed by atoms with Gasteiger partial charge in [0.25, 0.3) is 0 Å². The third-order valence-electron chi connectivity index (χ3n) is 15.2. The fraction of sp³-hybridized carbons (Fsp3) is 0.653. The number of carbonyl (C=O) groups is 6. The summed E-state index contributed by atoms with van der Waals surface area (Å²) < 4.78 is 26.0. The van der Waals surface area contributed by atoms with Crippen molar-refractivity contribution in [3.63, 3.8) is 0 Å². The second-order valence-electron chi connectivity index (χ2n) is 19.2. The molecule has 5 rings (SSSR count). The van der Waals surface area contributed by atoms with E-state index in [2.05, 4.69) is 13.8 Å². The summed E-state index contributed by atoms with van der Waals surface area (Å²) in [6.45, 7) is 25.1. The number of allylic oxidation sites excluding steroid dienone is 6. The second-order valence-corrected chi connectivity index (χ2v) is 19.2. The molecule has 5 aliphatic heterocycles. The zero-order valence-electron chi connectivity index (χ0n) is 41.4. The summed E-state index contributed by atoms with van der Waals surface area (Å²) in [4.78, 5) is 95.0. The van der Waals surface area contributed by atoms with Crippen molar-refractivity contribution in [2.75, 3.05) is 35.5 Å². The number of methoxy groups -OCH3 is 5. The van der Waals surface area contributed by atoms with Crippen LogP contribution in [0.5, 0.6) is 0 Å². The van der Waals surface area contributed by atoms with Crippen molar-refractivity contribution in [2.45, 2.75) is 131 Å². The third-order valence-corrected chi connectivity index (χ3v) is 15.2. The number of hydrogen-bond donors (Lipinski definition) is 1. The minimum absolute atomic E-state index is 0. The van der Waals surface area contributed by atoms with Gasteiger partial charge < -0.3 is 57.8 Å². The van der Waals surface area contributed by atoms with E-state index in [4.69, 9.17) is 67.6 Å². The van der Waals surface area contributed by atoms with Crippen LogP contribution in [0.3, 0.4) is 0 Å². The quantitative estimate of drug-likeness (QED) is 0.0963. The fourth-order valence-corrected chi connectivity index (χ4v) is 11.3. The van der Waals surface area contributed by atoms with Gasteiger partial charge in [-0.05, 0) is 68.6 Å². The maximum Gasteiger partial charge on any atom is 3.00 e. The molecule has 0 radical (unpaired) electrons. The van der Waals surface area contributed by atoms with Crippen molar-refractivity contribution in [3.8, 4) is 0 Å². The molecule has 1 unspecified atom stereocenters. The summed E-state index contributed by atoms with van der Waals surface area (Å²) in [7, 11) is 6.58. The number of fused-ring (bicyclic) bond motifs is 6. The number of ether oxygens (including phenoxy) is 5. The Labute approximate surface area is 410 Å². The molecular weight excluding hydrogens is 924 g/mol. The van der Waals surface area contributed by atoms with Gasteiger partial charge in [0.05, 0.1) is 59.6 Å². The van der Waals surface area contributed by atoms with Gasteiger partial charge in [-0.25, -0.2) is 0 Å². The molecule has 1 N–H and O–H groups in total. The standard InChI is InChI=1S/C47H66N4O12.2CN.Co/c1-25-38-28(14-16-33(54)59-9)43(3,4)31(49-38)20-27-22-44(5,23-32(52)53)40(48-27)26(2)39-29(15-17-34(55)60-10)46(7,24-37(58)63-13)47(8,51-39)42-30(21-36(57)62-12)45(6,41(25)50-42)19-18-35(56)61-11;2*1-2;/h20,28-30,42H,14-19,21-24H2,1-13H3,(H2,48,49,50,51,52,53);;;/q;2*-1;+3/p-1/t28-,29-,30+,42?,44-,45-,46+,47+;;;/m1.../s1. The first-order valence-corrected chi connectivity index (χ1v) is 22.0. The zero-order valence-corrected chi connectivity index (χ0v) is 42.5. The molecule has 372 valence electrons. The molecule has 19 heteroatoms. The summed E-state index contributed by atoms with van der Waals surface area (Å²) in [5.74, 6) is -5.02. The summed E-state index contributed by atoms with van der Waals surface area (Å²) in [5, 5.41) is 28.5. The van der Waals surface area contributed by atoms with E-state index in [1.165, 1.54) is 35.5 Å². The first kappa shape index (κ1) is 58.5. The van der Waals surface area contributed by atoms with Crippen molar-refractivity contribution >= 4 is 53.0 Å². The zero-order chi connectivity index (χ0) is 51.0. The summed E-state index contributed by atoms with van der Waals surface area (Å²) in [5.41, 5.74) is -0.286. The SMILES string of the molecule is COC(=O)CC[C@@H]1C2=NC(=C\C3=NC(=C(/C)C4=N[C@@](C)(C5[N-]/C(=C\2C)[C@](C)(CCC(=O)OC)[C@H]5CC(=O)OC)[C@@](C)(CC(=O)OC)[C@@H]4CCC(=O)OC)/[C@@](C)(CC(=O)O)C3)/C1(C)C.[C-]#N.[C-]#N.[Co+3]. The first-order chi connectivity index (χ1) is 31.4. The number of aliphatic imine (C=N–C) groups is 3. The van der Waals surface area contributed by atoms with Crippen LogP contribution in [0.1, 0.15) is 120 Å². The number of aliphatic carboxylic acids is 1. The van der Waals surface area contributed by atoms with Crippen LogP contribution < -0.4 is 0 Å². The molecule has 0 aromatic rings. The minimum Gasteiger partial charge on any atom is -0.682 e. The molecule has 5 aliphatic rings. The molecule has 0 aromatic heterocycles. The number of carboxylic acids is 1. The Morgan fingerprint density at radius 1 is 0.721 bits per heavy atom. The predicted molar refractivity (Wildman–Crippen MR) is 244 cm³/mol. The van der Waals surface area contributed by atoms with Crippen LogP contribution in [-0.2, 0) is 69.2 Å². The van der Waals surface area contributed by atoms with Crippen LogP contribution in [0.15, 0.2) is 49.3 Å². The van der Waals surface area contributed by atoms with Crippen LogP contribution in [0.2, 0.25) is 0 Å². The summed E-state index contributed by atoms with van der Waals surface area (Å²) in [6.07, 6.45) is 2.44. The van der Waals surface area contributed by atoms with Crippen LogP contribution in [0.25, 0.3) is 5.32 Å². The molecule has 0 saturated carbocycles. The monoisotopic (exact) mass is 988 g/mol. The molecule has 1 fully saturated rings. The molecule has 0 aliphatic carbocycles. The molecule has 0 aromatic carbocycles. The van der Waals surface area contributed by atoms with E-state index in [9.17, 15) is 33.9 Å². The summed E-state index contributed by atoms with van der Waals surface area (Å²) in [6, 6.07) is -0.855. The Kier molecular flexibility index (Phi) is 19.9. The number of rotatable bonds is 15. The summed E-state index contributed by atoms with van der Waals surface area (Å²) >= 11 is 0. The van der Waals surface area contributed by atoms with Gasteiger partial charge in [-0.3, -0.25) is 43.7 Å². The first-order valence-electron chi connectivity index (χ1n) is 22.0. The number of hydrogen-bond acceptors (Lipinski definition) is 16. The Morgan fingerprint density at radius 3 is 1.75 bits per heavy atom. The smallest absolute Gasteiger partial charge is 0.682 e. The number of nitrogens with zero attached hydrogens (tertiary/aromatic N) is 6.